The Kier molecular flexibility index (Phi) is 5.57. The summed E-state index contributed by atoms with van der Waals surface area (Å²) in [6.45, 7) is 10.7. The molecule has 1 heterocycles. The molecule has 0 aromatic rings. The Balaban J connectivity index is 2.43. The number of carbonyl (C=O) groups is 1. The van der Waals surface area contributed by atoms with Crippen molar-refractivity contribution >= 4 is 5.91 Å². The molecule has 0 saturated carbocycles. The van der Waals surface area contributed by atoms with Crippen LogP contribution in [-0.2, 0) is 4.79 Å². The fraction of sp³-hybridized carbons (Fsp3) is 0.846. The van der Waals surface area contributed by atoms with Crippen molar-refractivity contribution in [3.8, 4) is 6.07 Å². The van der Waals surface area contributed by atoms with E-state index in [0.717, 1.165) is 39.3 Å². The summed E-state index contributed by atoms with van der Waals surface area (Å²) in [6.07, 6.45) is 0.566. The van der Waals surface area contributed by atoms with Crippen LogP contribution in [0.4, 0.5) is 0 Å². The number of nitrogens with one attached hydrogen (secondary N) is 1. The van der Waals surface area contributed by atoms with Crippen LogP contribution in [0.25, 0.3) is 0 Å². The second-order valence-corrected chi connectivity index (χ2v) is 5.20. The van der Waals surface area contributed by atoms with Crippen LogP contribution < -0.4 is 5.32 Å². The monoisotopic (exact) mass is 252 g/mol. The molecule has 0 bridgehead atoms. The van der Waals surface area contributed by atoms with Crippen molar-refractivity contribution in [1.29, 1.82) is 5.26 Å². The second kappa shape index (κ2) is 6.72. The molecule has 0 aliphatic carbocycles. The molecule has 0 atom stereocenters. The topological polar surface area (TPSA) is 59.4 Å². The van der Waals surface area contributed by atoms with Gasteiger partial charge in [0.1, 0.15) is 0 Å². The number of amides is 1. The van der Waals surface area contributed by atoms with Crippen molar-refractivity contribution in [3.63, 3.8) is 0 Å². The lowest BCUT2D eigenvalue weighted by atomic mass is 10.0. The molecule has 0 aromatic carbocycles. The van der Waals surface area contributed by atoms with Gasteiger partial charge >= 0.3 is 0 Å². The highest BCUT2D eigenvalue weighted by molar-refractivity contribution is 5.85. The average Bonchev–Trinajstić information content (AvgIpc) is 2.36. The Labute approximate surface area is 110 Å². The van der Waals surface area contributed by atoms with Crippen LogP contribution in [0.2, 0.25) is 0 Å². The lowest BCUT2D eigenvalue weighted by Gasteiger charge is -2.38. The van der Waals surface area contributed by atoms with Crippen molar-refractivity contribution < 1.29 is 4.79 Å². The maximum atomic E-state index is 12.3. The van der Waals surface area contributed by atoms with E-state index in [1.807, 2.05) is 25.7 Å². The van der Waals surface area contributed by atoms with Crippen LogP contribution in [0.1, 0.15) is 27.2 Å². The first-order valence-electron chi connectivity index (χ1n) is 6.65. The molecule has 0 unspecified atom stereocenters. The molecule has 1 saturated heterocycles. The Hall–Kier alpha value is -1.12. The molecule has 1 amide bonds. The van der Waals surface area contributed by atoms with Gasteiger partial charge in [-0.3, -0.25) is 9.69 Å². The minimum Gasteiger partial charge on any atom is -0.339 e. The summed E-state index contributed by atoms with van der Waals surface area (Å²) in [5.41, 5.74) is -0.483. The summed E-state index contributed by atoms with van der Waals surface area (Å²) in [5.74, 6) is 0.171. The van der Waals surface area contributed by atoms with Crippen molar-refractivity contribution in [1.82, 2.24) is 15.1 Å². The molecule has 1 aliphatic heterocycles. The van der Waals surface area contributed by atoms with E-state index in [0.29, 0.717) is 6.42 Å². The Morgan fingerprint density at radius 3 is 2.44 bits per heavy atom. The van der Waals surface area contributed by atoms with Gasteiger partial charge in [0.25, 0.3) is 0 Å². The van der Waals surface area contributed by atoms with Crippen LogP contribution in [0, 0.1) is 11.3 Å². The summed E-state index contributed by atoms with van der Waals surface area (Å²) in [7, 11) is 0. The molecule has 1 aliphatic rings. The maximum absolute atomic E-state index is 12.3. The zero-order valence-corrected chi connectivity index (χ0v) is 11.7. The molecule has 102 valence electrons. The van der Waals surface area contributed by atoms with E-state index in [1.165, 1.54) is 0 Å². The van der Waals surface area contributed by atoms with Crippen molar-refractivity contribution in [2.24, 2.45) is 0 Å². The van der Waals surface area contributed by atoms with Gasteiger partial charge in [-0.1, -0.05) is 6.92 Å². The minimum absolute atomic E-state index is 0.171. The summed E-state index contributed by atoms with van der Waals surface area (Å²) in [6, 6.07) is 2.16. The molecule has 0 aromatic heterocycles. The number of hydrogen-bond acceptors (Lipinski definition) is 4. The van der Waals surface area contributed by atoms with Gasteiger partial charge in [0.15, 0.2) is 0 Å². The summed E-state index contributed by atoms with van der Waals surface area (Å²) < 4.78 is 0. The quantitative estimate of drug-likeness (QED) is 0.771. The Morgan fingerprint density at radius 1 is 1.33 bits per heavy atom. The van der Waals surface area contributed by atoms with Gasteiger partial charge in [-0.2, -0.15) is 5.26 Å². The zero-order valence-electron chi connectivity index (χ0n) is 11.7. The standard InChI is InChI=1S/C13H24N4O/c1-4-15-13(2,3)12(18)17-10-8-16(9-11-17)7-5-6-14/h15H,4-5,7-11H2,1-3H3. The van der Waals surface area contributed by atoms with Crippen molar-refractivity contribution in [3.05, 3.63) is 0 Å². The normalized spacial score (nSPS) is 17.6. The SMILES string of the molecule is CCNC(C)(C)C(=O)N1CCN(CCC#N)CC1. The number of likely N-dealkylation sites (N-methyl/N-ethyl adjacent to an activating group) is 1. The highest BCUT2D eigenvalue weighted by Crippen LogP contribution is 2.11. The smallest absolute Gasteiger partial charge is 0.242 e. The van der Waals surface area contributed by atoms with Crippen LogP contribution in [0.5, 0.6) is 0 Å². The molecular weight excluding hydrogens is 228 g/mol. The molecular formula is C13H24N4O. The third-order valence-corrected chi connectivity index (χ3v) is 3.35. The Morgan fingerprint density at radius 2 is 1.94 bits per heavy atom. The van der Waals surface area contributed by atoms with Crippen LogP contribution in [-0.4, -0.2) is 60.5 Å². The molecule has 5 heteroatoms. The van der Waals surface area contributed by atoms with Crippen LogP contribution >= 0.6 is 0 Å². The van der Waals surface area contributed by atoms with E-state index in [2.05, 4.69) is 16.3 Å². The van der Waals surface area contributed by atoms with Gasteiger partial charge in [-0.05, 0) is 20.4 Å². The number of hydrogen-bond donors (Lipinski definition) is 1. The number of carbonyl (C=O) groups excluding carboxylic acids is 1. The largest absolute Gasteiger partial charge is 0.339 e. The first-order chi connectivity index (χ1) is 8.51. The molecule has 18 heavy (non-hydrogen) atoms. The maximum Gasteiger partial charge on any atom is 0.242 e. The van der Waals surface area contributed by atoms with Gasteiger partial charge in [0, 0.05) is 39.1 Å². The van der Waals surface area contributed by atoms with E-state index in [9.17, 15) is 4.79 Å². The second-order valence-electron chi connectivity index (χ2n) is 5.20. The first kappa shape index (κ1) is 14.9. The van der Waals surface area contributed by atoms with Crippen LogP contribution in [0.15, 0.2) is 0 Å². The van der Waals surface area contributed by atoms with Gasteiger partial charge in [-0.25, -0.2) is 0 Å². The summed E-state index contributed by atoms with van der Waals surface area (Å²) >= 11 is 0. The Bertz CT molecular complexity index is 313. The van der Waals surface area contributed by atoms with Crippen molar-refractivity contribution in [2.45, 2.75) is 32.7 Å². The predicted molar refractivity (Wildman–Crippen MR) is 71.0 cm³/mol. The van der Waals surface area contributed by atoms with Gasteiger partial charge < -0.3 is 10.2 Å². The molecule has 1 N–H and O–H groups in total. The molecule has 0 spiro atoms. The fourth-order valence-electron chi connectivity index (χ4n) is 2.30. The molecule has 0 radical (unpaired) electrons. The van der Waals surface area contributed by atoms with E-state index in [4.69, 9.17) is 5.26 Å². The highest BCUT2D eigenvalue weighted by Gasteiger charge is 2.32. The first-order valence-corrected chi connectivity index (χ1v) is 6.65. The third kappa shape index (κ3) is 3.97. The van der Waals surface area contributed by atoms with E-state index in [1.54, 1.807) is 0 Å². The number of nitrogens with zero attached hydrogens (tertiary/aromatic N) is 3. The van der Waals surface area contributed by atoms with E-state index in [-0.39, 0.29) is 5.91 Å². The summed E-state index contributed by atoms with van der Waals surface area (Å²) in [5, 5.41) is 11.8. The van der Waals surface area contributed by atoms with E-state index < -0.39 is 5.54 Å². The highest BCUT2D eigenvalue weighted by atomic mass is 16.2. The minimum atomic E-state index is -0.483. The fourth-order valence-corrected chi connectivity index (χ4v) is 2.30. The lowest BCUT2D eigenvalue weighted by molar-refractivity contribution is -0.138. The van der Waals surface area contributed by atoms with Gasteiger partial charge in [0.2, 0.25) is 5.91 Å². The summed E-state index contributed by atoms with van der Waals surface area (Å²) in [4.78, 5) is 16.5. The molecule has 5 nitrogen and oxygen atoms in total. The number of rotatable bonds is 5. The average molecular weight is 252 g/mol. The third-order valence-electron chi connectivity index (χ3n) is 3.35. The zero-order chi connectivity index (χ0) is 13.6. The van der Waals surface area contributed by atoms with Crippen LogP contribution in [0.3, 0.4) is 0 Å². The number of piperazine rings is 1. The predicted octanol–water partition coefficient (Wildman–Crippen LogP) is 0.432. The van der Waals surface area contributed by atoms with Crippen molar-refractivity contribution in [2.75, 3.05) is 39.3 Å². The van der Waals surface area contributed by atoms with Gasteiger partial charge in [-0.15, -0.1) is 0 Å². The molecule has 1 rings (SSSR count). The number of nitriles is 1. The van der Waals surface area contributed by atoms with E-state index >= 15 is 0 Å². The molecule has 1 fully saturated rings. The lowest BCUT2D eigenvalue weighted by Crippen LogP contribution is -2.58. The van der Waals surface area contributed by atoms with Gasteiger partial charge in [0.05, 0.1) is 11.6 Å².